The third kappa shape index (κ3) is 7.84. The Labute approximate surface area is 216 Å². The monoisotopic (exact) mass is 497 g/mol. The van der Waals surface area contributed by atoms with Gasteiger partial charge < -0.3 is 20.3 Å². The summed E-state index contributed by atoms with van der Waals surface area (Å²) in [7, 11) is 0. The van der Waals surface area contributed by atoms with Gasteiger partial charge in [0.25, 0.3) is 0 Å². The number of aromatic carboxylic acids is 1. The van der Waals surface area contributed by atoms with Crippen LogP contribution in [0.25, 0.3) is 10.8 Å². The minimum absolute atomic E-state index is 0.238. The quantitative estimate of drug-likeness (QED) is 0.294. The van der Waals surface area contributed by atoms with Crippen molar-refractivity contribution in [3.05, 3.63) is 102 Å². The summed E-state index contributed by atoms with van der Waals surface area (Å²) in [4.78, 5) is 21.2. The number of carbonyl (C=O) groups excluding carboxylic acids is 1. The molecule has 0 radical (unpaired) electrons. The zero-order valence-corrected chi connectivity index (χ0v) is 20.6. The summed E-state index contributed by atoms with van der Waals surface area (Å²) < 4.78 is 12.1. The smallest absolute Gasteiger partial charge is 0.335 e. The first kappa shape index (κ1) is 25.8. The lowest BCUT2D eigenvalue weighted by Crippen LogP contribution is -2.19. The fourth-order valence-corrected chi connectivity index (χ4v) is 4.31. The molecule has 1 amide bonds. The molecule has 0 bridgehead atoms. The molecule has 5 rings (SSSR count). The van der Waals surface area contributed by atoms with E-state index >= 15 is 0 Å². The van der Waals surface area contributed by atoms with Crippen LogP contribution in [0.5, 0.6) is 17.2 Å². The van der Waals surface area contributed by atoms with Crippen molar-refractivity contribution in [3.63, 3.8) is 0 Å². The van der Waals surface area contributed by atoms with Crippen LogP contribution in [0.2, 0.25) is 0 Å². The summed E-state index contributed by atoms with van der Waals surface area (Å²) >= 11 is 0. The summed E-state index contributed by atoms with van der Waals surface area (Å²) in [6.45, 7) is 0. The number of rotatable bonds is 7. The highest BCUT2D eigenvalue weighted by Gasteiger charge is 2.15. The number of amides is 1. The van der Waals surface area contributed by atoms with Crippen LogP contribution in [0, 0.1) is 0 Å². The molecule has 37 heavy (non-hydrogen) atoms. The zero-order valence-electron chi connectivity index (χ0n) is 20.6. The highest BCUT2D eigenvalue weighted by Crippen LogP contribution is 2.30. The van der Waals surface area contributed by atoms with Crippen molar-refractivity contribution in [2.45, 2.75) is 44.6 Å². The molecule has 0 saturated heterocycles. The summed E-state index contributed by atoms with van der Waals surface area (Å²) in [5.41, 5.74) is 6.43. The molecule has 190 valence electrons. The Morgan fingerprint density at radius 2 is 1.35 bits per heavy atom. The van der Waals surface area contributed by atoms with Gasteiger partial charge in [0.05, 0.1) is 18.1 Å². The SMILES string of the molecule is NC(=O)Cc1ccc(Oc2ccc3cc(OC4CCCCC4)ccc3c2)cc1.O=C(O)c1ccccc1. The molecule has 6 nitrogen and oxygen atoms in total. The Kier molecular flexibility index (Phi) is 8.76. The van der Waals surface area contributed by atoms with E-state index in [1.54, 1.807) is 30.3 Å². The van der Waals surface area contributed by atoms with Gasteiger partial charge >= 0.3 is 5.97 Å². The van der Waals surface area contributed by atoms with E-state index in [1.807, 2.05) is 42.5 Å². The fourth-order valence-electron chi connectivity index (χ4n) is 4.31. The minimum Gasteiger partial charge on any atom is -0.490 e. The number of primary amides is 1. The van der Waals surface area contributed by atoms with Crippen molar-refractivity contribution in [1.82, 2.24) is 0 Å². The lowest BCUT2D eigenvalue weighted by atomic mass is 9.98. The van der Waals surface area contributed by atoms with Crippen molar-refractivity contribution in [2.24, 2.45) is 5.73 Å². The van der Waals surface area contributed by atoms with E-state index < -0.39 is 5.97 Å². The van der Waals surface area contributed by atoms with Gasteiger partial charge in [-0.15, -0.1) is 0 Å². The second kappa shape index (κ2) is 12.6. The van der Waals surface area contributed by atoms with Crippen molar-refractivity contribution >= 4 is 22.6 Å². The van der Waals surface area contributed by atoms with Crippen LogP contribution in [0.1, 0.15) is 48.0 Å². The Morgan fingerprint density at radius 1 is 0.757 bits per heavy atom. The number of nitrogens with two attached hydrogens (primary N) is 1. The van der Waals surface area contributed by atoms with Gasteiger partial charge in [0.2, 0.25) is 5.91 Å². The average Bonchev–Trinajstić information content (AvgIpc) is 2.91. The van der Waals surface area contributed by atoms with Crippen LogP contribution in [-0.2, 0) is 11.2 Å². The predicted molar refractivity (Wildman–Crippen MR) is 144 cm³/mol. The molecule has 0 spiro atoms. The van der Waals surface area contributed by atoms with Crippen molar-refractivity contribution in [2.75, 3.05) is 0 Å². The van der Waals surface area contributed by atoms with Crippen LogP contribution in [0.4, 0.5) is 0 Å². The third-order valence-electron chi connectivity index (χ3n) is 6.20. The van der Waals surface area contributed by atoms with Crippen LogP contribution >= 0.6 is 0 Å². The summed E-state index contributed by atoms with van der Waals surface area (Å²) in [6, 6.07) is 28.0. The Bertz CT molecular complexity index is 1330. The molecule has 1 fully saturated rings. The standard InChI is InChI=1S/C24H25NO3.C7H6O2/c25-24(26)14-17-6-10-21(11-7-17)28-23-13-9-18-15-22(12-8-19(18)16-23)27-20-4-2-1-3-5-20;8-7(9)6-4-2-1-3-5-6/h6-13,15-16,20H,1-5,14H2,(H2,25,26);1-5H,(H,8,9). The predicted octanol–water partition coefficient (Wildman–Crippen LogP) is 6.76. The van der Waals surface area contributed by atoms with E-state index in [0.717, 1.165) is 46.4 Å². The normalized spacial score (nSPS) is 13.3. The van der Waals surface area contributed by atoms with Gasteiger partial charge in [-0.3, -0.25) is 4.79 Å². The number of ether oxygens (including phenoxy) is 2. The molecule has 4 aromatic carbocycles. The van der Waals surface area contributed by atoms with E-state index in [0.29, 0.717) is 11.7 Å². The second-order valence-electron chi connectivity index (χ2n) is 9.11. The summed E-state index contributed by atoms with van der Waals surface area (Å²) in [5, 5.41) is 10.6. The van der Waals surface area contributed by atoms with Gasteiger partial charge in [0.1, 0.15) is 17.2 Å². The highest BCUT2D eigenvalue weighted by molar-refractivity contribution is 5.87. The molecule has 0 atom stereocenters. The first-order chi connectivity index (χ1) is 18.0. The number of carboxylic acid groups (broad SMARTS) is 1. The van der Waals surface area contributed by atoms with E-state index in [1.165, 1.54) is 19.3 Å². The van der Waals surface area contributed by atoms with E-state index in [2.05, 4.69) is 18.2 Å². The first-order valence-corrected chi connectivity index (χ1v) is 12.5. The van der Waals surface area contributed by atoms with Crippen molar-refractivity contribution in [3.8, 4) is 17.2 Å². The molecule has 0 aromatic heterocycles. The van der Waals surface area contributed by atoms with Gasteiger partial charge in [-0.1, -0.05) is 48.9 Å². The highest BCUT2D eigenvalue weighted by atomic mass is 16.5. The van der Waals surface area contributed by atoms with Crippen molar-refractivity contribution < 1.29 is 24.2 Å². The number of hydrogen-bond donors (Lipinski definition) is 2. The van der Waals surface area contributed by atoms with E-state index in [4.69, 9.17) is 20.3 Å². The number of hydrogen-bond acceptors (Lipinski definition) is 4. The van der Waals surface area contributed by atoms with E-state index in [-0.39, 0.29) is 12.3 Å². The van der Waals surface area contributed by atoms with Crippen LogP contribution in [-0.4, -0.2) is 23.1 Å². The Morgan fingerprint density at radius 3 is 1.95 bits per heavy atom. The molecule has 1 aliphatic carbocycles. The third-order valence-corrected chi connectivity index (χ3v) is 6.20. The van der Waals surface area contributed by atoms with Gasteiger partial charge in [-0.05, 0) is 90.6 Å². The molecular formula is C31H31NO5. The number of carbonyl (C=O) groups is 2. The van der Waals surface area contributed by atoms with E-state index in [9.17, 15) is 9.59 Å². The fraction of sp³-hybridized carbons (Fsp3) is 0.226. The largest absolute Gasteiger partial charge is 0.490 e. The van der Waals surface area contributed by atoms with Gasteiger partial charge in [-0.25, -0.2) is 4.79 Å². The summed E-state index contributed by atoms with van der Waals surface area (Å²) in [5.74, 6) is 1.23. The molecule has 1 aliphatic rings. The van der Waals surface area contributed by atoms with Crippen LogP contribution < -0.4 is 15.2 Å². The molecule has 0 aliphatic heterocycles. The molecule has 0 heterocycles. The van der Waals surface area contributed by atoms with Gasteiger partial charge in [0, 0.05) is 0 Å². The lowest BCUT2D eigenvalue weighted by molar-refractivity contribution is -0.117. The first-order valence-electron chi connectivity index (χ1n) is 12.5. The van der Waals surface area contributed by atoms with Crippen LogP contribution in [0.15, 0.2) is 91.0 Å². The Hall–Kier alpha value is -4.32. The summed E-state index contributed by atoms with van der Waals surface area (Å²) in [6.07, 6.45) is 6.76. The number of carboxylic acids is 1. The Balaban J connectivity index is 0.000000301. The maximum atomic E-state index is 11.0. The van der Waals surface area contributed by atoms with Crippen molar-refractivity contribution in [1.29, 1.82) is 0 Å². The molecule has 3 N–H and O–H groups in total. The van der Waals surface area contributed by atoms with Crippen LogP contribution in [0.3, 0.4) is 0 Å². The molecule has 1 saturated carbocycles. The number of fused-ring (bicyclic) bond motifs is 1. The second-order valence-corrected chi connectivity index (χ2v) is 9.11. The number of benzene rings is 4. The lowest BCUT2D eigenvalue weighted by Gasteiger charge is -2.23. The topological polar surface area (TPSA) is 98.9 Å². The molecule has 4 aromatic rings. The maximum absolute atomic E-state index is 11.0. The molecular weight excluding hydrogens is 466 g/mol. The maximum Gasteiger partial charge on any atom is 0.335 e. The molecule has 6 heteroatoms. The molecule has 0 unspecified atom stereocenters. The van der Waals surface area contributed by atoms with Gasteiger partial charge in [-0.2, -0.15) is 0 Å². The average molecular weight is 498 g/mol. The zero-order chi connectivity index (χ0) is 26.0. The minimum atomic E-state index is -0.879. The van der Waals surface area contributed by atoms with Gasteiger partial charge in [0.15, 0.2) is 0 Å².